The third kappa shape index (κ3) is 4.93. The highest BCUT2D eigenvalue weighted by atomic mass is 16.5. The van der Waals surface area contributed by atoms with Crippen LogP contribution in [0, 0.1) is 0 Å². The Morgan fingerprint density at radius 2 is 1.73 bits per heavy atom. The fourth-order valence-electron chi connectivity index (χ4n) is 2.86. The van der Waals surface area contributed by atoms with Gasteiger partial charge in [-0.15, -0.1) is 5.10 Å². The molecule has 0 bridgehead atoms. The van der Waals surface area contributed by atoms with Crippen molar-refractivity contribution < 1.29 is 14.3 Å². The molecule has 9 nitrogen and oxygen atoms in total. The Kier molecular flexibility index (Phi) is 6.63. The van der Waals surface area contributed by atoms with E-state index in [4.69, 9.17) is 4.74 Å². The van der Waals surface area contributed by atoms with E-state index in [2.05, 4.69) is 15.7 Å². The number of rotatable bonds is 8. The zero-order valence-corrected chi connectivity index (χ0v) is 16.8. The second kappa shape index (κ2) is 9.55. The lowest BCUT2D eigenvalue weighted by molar-refractivity contribution is -0.126. The van der Waals surface area contributed by atoms with Crippen molar-refractivity contribution in [3.8, 4) is 11.4 Å². The topological polar surface area (TPSA) is 107 Å². The Morgan fingerprint density at radius 3 is 2.37 bits per heavy atom. The van der Waals surface area contributed by atoms with Gasteiger partial charge >= 0.3 is 5.69 Å². The van der Waals surface area contributed by atoms with Crippen LogP contribution in [0.15, 0.2) is 59.4 Å². The molecule has 1 heterocycles. The minimum Gasteiger partial charge on any atom is -0.497 e. The van der Waals surface area contributed by atoms with Gasteiger partial charge in [-0.3, -0.25) is 14.2 Å². The van der Waals surface area contributed by atoms with Crippen molar-refractivity contribution in [2.45, 2.75) is 13.0 Å². The van der Waals surface area contributed by atoms with Gasteiger partial charge in [-0.1, -0.05) is 30.3 Å². The molecule has 0 saturated carbocycles. The molecule has 1 aromatic heterocycles. The molecule has 3 rings (SSSR count). The average Bonchev–Trinajstić information content (AvgIpc) is 3.07. The number of hydrogen-bond donors (Lipinski definition) is 2. The summed E-state index contributed by atoms with van der Waals surface area (Å²) in [6.07, 6.45) is 0.377. The van der Waals surface area contributed by atoms with E-state index in [0.29, 0.717) is 23.7 Å². The fourth-order valence-corrected chi connectivity index (χ4v) is 2.86. The van der Waals surface area contributed by atoms with E-state index in [9.17, 15) is 14.4 Å². The van der Waals surface area contributed by atoms with Crippen LogP contribution in [0.4, 0.5) is 0 Å². The van der Waals surface area contributed by atoms with Gasteiger partial charge in [-0.05, 0) is 29.8 Å². The summed E-state index contributed by atoms with van der Waals surface area (Å²) in [5.74, 6) is 0.319. The van der Waals surface area contributed by atoms with Gasteiger partial charge in [0, 0.05) is 13.5 Å². The van der Waals surface area contributed by atoms with Crippen molar-refractivity contribution in [1.29, 1.82) is 0 Å². The molecule has 2 amide bonds. The molecule has 0 spiro atoms. The van der Waals surface area contributed by atoms with Gasteiger partial charge in [-0.25, -0.2) is 4.79 Å². The second-order valence-electron chi connectivity index (χ2n) is 6.51. The Hall–Kier alpha value is -3.88. The van der Waals surface area contributed by atoms with Crippen LogP contribution in [0.5, 0.6) is 5.75 Å². The molecular formula is C21H23N5O4. The molecule has 0 aliphatic heterocycles. The molecule has 0 saturated heterocycles. The Bertz CT molecular complexity index is 1070. The van der Waals surface area contributed by atoms with E-state index in [-0.39, 0.29) is 19.0 Å². The number of hydrogen-bond acceptors (Lipinski definition) is 5. The molecule has 2 aromatic carbocycles. The highest BCUT2D eigenvalue weighted by Crippen LogP contribution is 2.14. The number of nitrogens with one attached hydrogen (secondary N) is 2. The molecule has 156 valence electrons. The number of ether oxygens (including phenoxy) is 1. The number of amides is 2. The first kappa shape index (κ1) is 20.8. The lowest BCUT2D eigenvalue weighted by Crippen LogP contribution is -2.39. The van der Waals surface area contributed by atoms with Crippen LogP contribution in [-0.4, -0.2) is 46.9 Å². The molecule has 2 N–H and O–H groups in total. The summed E-state index contributed by atoms with van der Waals surface area (Å²) in [6, 6.07) is 16.4. The van der Waals surface area contributed by atoms with Crippen molar-refractivity contribution in [3.63, 3.8) is 0 Å². The molecule has 0 aliphatic rings. The van der Waals surface area contributed by atoms with Crippen molar-refractivity contribution in [2.75, 3.05) is 20.7 Å². The summed E-state index contributed by atoms with van der Waals surface area (Å²) >= 11 is 0. The van der Waals surface area contributed by atoms with E-state index in [1.807, 2.05) is 30.3 Å². The third-order valence-electron chi connectivity index (χ3n) is 4.49. The van der Waals surface area contributed by atoms with Gasteiger partial charge in [-0.2, -0.15) is 4.68 Å². The van der Waals surface area contributed by atoms with Crippen LogP contribution in [0.1, 0.15) is 11.4 Å². The van der Waals surface area contributed by atoms with Crippen LogP contribution < -0.4 is 21.1 Å². The zero-order valence-electron chi connectivity index (χ0n) is 16.8. The third-order valence-corrected chi connectivity index (χ3v) is 4.49. The largest absolute Gasteiger partial charge is 0.497 e. The summed E-state index contributed by atoms with van der Waals surface area (Å²) in [6.45, 7) is -0.404. The maximum absolute atomic E-state index is 13.0. The first-order chi connectivity index (χ1) is 14.5. The van der Waals surface area contributed by atoms with Crippen LogP contribution >= 0.6 is 0 Å². The number of carbonyl (C=O) groups excluding carboxylic acids is 2. The monoisotopic (exact) mass is 409 g/mol. The molecule has 30 heavy (non-hydrogen) atoms. The van der Waals surface area contributed by atoms with E-state index < -0.39 is 11.6 Å². The zero-order chi connectivity index (χ0) is 21.5. The molecule has 9 heteroatoms. The number of likely N-dealkylation sites (N-methyl/N-ethyl adjacent to an activating group) is 1. The summed E-state index contributed by atoms with van der Waals surface area (Å²) < 4.78 is 7.72. The molecular weight excluding hydrogens is 386 g/mol. The Morgan fingerprint density at radius 1 is 1.03 bits per heavy atom. The lowest BCUT2D eigenvalue weighted by atomic mass is 10.1. The first-order valence-electron chi connectivity index (χ1n) is 9.36. The molecule has 0 radical (unpaired) electrons. The predicted molar refractivity (Wildman–Crippen MR) is 111 cm³/mol. The lowest BCUT2D eigenvalue weighted by Gasteiger charge is -2.07. The van der Waals surface area contributed by atoms with Crippen LogP contribution in [0.3, 0.4) is 0 Å². The predicted octanol–water partition coefficient (Wildman–Crippen LogP) is 0.496. The van der Waals surface area contributed by atoms with Gasteiger partial charge < -0.3 is 15.4 Å². The number of benzene rings is 2. The van der Waals surface area contributed by atoms with Crippen LogP contribution in [0.2, 0.25) is 0 Å². The van der Waals surface area contributed by atoms with E-state index in [1.165, 1.54) is 16.3 Å². The minimum atomic E-state index is -0.454. The summed E-state index contributed by atoms with van der Waals surface area (Å²) in [4.78, 5) is 36.7. The van der Waals surface area contributed by atoms with Gasteiger partial charge in [0.05, 0.1) is 19.3 Å². The number of nitrogens with zero attached hydrogens (tertiary/aromatic N) is 3. The van der Waals surface area contributed by atoms with Gasteiger partial charge in [0.2, 0.25) is 11.8 Å². The Balaban J connectivity index is 1.93. The average molecular weight is 409 g/mol. The molecule has 0 unspecified atom stereocenters. The number of carbonyl (C=O) groups is 2. The van der Waals surface area contributed by atoms with E-state index in [1.54, 1.807) is 31.4 Å². The molecule has 0 fully saturated rings. The Labute approximate surface area is 173 Å². The van der Waals surface area contributed by atoms with Gasteiger partial charge in [0.15, 0.2) is 0 Å². The van der Waals surface area contributed by atoms with Crippen molar-refractivity contribution >= 4 is 11.8 Å². The molecule has 0 aliphatic carbocycles. The van der Waals surface area contributed by atoms with Crippen molar-refractivity contribution in [3.05, 3.63) is 76.5 Å². The maximum Gasteiger partial charge on any atom is 0.351 e. The van der Waals surface area contributed by atoms with E-state index in [0.717, 1.165) is 5.56 Å². The molecule has 0 atom stereocenters. The summed E-state index contributed by atoms with van der Waals surface area (Å²) in [5.41, 5.74) is 1.07. The fraction of sp³-hybridized carbons (Fsp3) is 0.238. The summed E-state index contributed by atoms with van der Waals surface area (Å²) in [5, 5.41) is 9.39. The standard InChI is InChI=1S/C21H23N5O4/c1-22-19(27)13-23-20(28)14-25-18(12-15-6-4-3-5-7-15)24-26(21(25)29)16-8-10-17(30-2)11-9-16/h3-11H,12-14H2,1-2H3,(H,22,27)(H,23,28). The normalized spacial score (nSPS) is 10.5. The highest BCUT2D eigenvalue weighted by Gasteiger charge is 2.18. The van der Waals surface area contributed by atoms with Crippen LogP contribution in [-0.2, 0) is 22.6 Å². The van der Waals surface area contributed by atoms with Crippen LogP contribution in [0.25, 0.3) is 5.69 Å². The summed E-state index contributed by atoms with van der Waals surface area (Å²) in [7, 11) is 3.04. The SMILES string of the molecule is CNC(=O)CNC(=O)Cn1c(Cc2ccccc2)nn(-c2ccc(OC)cc2)c1=O. The number of methoxy groups -OCH3 is 1. The van der Waals surface area contributed by atoms with Crippen molar-refractivity contribution in [1.82, 2.24) is 25.0 Å². The number of aromatic nitrogens is 3. The van der Waals surface area contributed by atoms with Crippen molar-refractivity contribution in [2.24, 2.45) is 0 Å². The van der Waals surface area contributed by atoms with Gasteiger partial charge in [0.25, 0.3) is 0 Å². The van der Waals surface area contributed by atoms with Gasteiger partial charge in [0.1, 0.15) is 18.1 Å². The second-order valence-corrected chi connectivity index (χ2v) is 6.51. The highest BCUT2D eigenvalue weighted by molar-refractivity contribution is 5.84. The minimum absolute atomic E-state index is 0.162. The maximum atomic E-state index is 13.0. The van der Waals surface area contributed by atoms with E-state index >= 15 is 0 Å². The first-order valence-corrected chi connectivity index (χ1v) is 9.36. The smallest absolute Gasteiger partial charge is 0.351 e. The quantitative estimate of drug-likeness (QED) is 0.563. The molecule has 3 aromatic rings.